The molecule has 32 heavy (non-hydrogen) atoms. The topological polar surface area (TPSA) is 100 Å². The minimum absolute atomic E-state index is 0.0873. The number of nitrogens with one attached hydrogen (secondary N) is 3. The largest absolute Gasteiger partial charge is 0.352 e. The first-order valence-electron chi connectivity index (χ1n) is 9.98. The summed E-state index contributed by atoms with van der Waals surface area (Å²) in [6.45, 7) is 3.85. The van der Waals surface area contributed by atoms with Gasteiger partial charge in [-0.1, -0.05) is 32.0 Å². The van der Waals surface area contributed by atoms with E-state index in [0.717, 1.165) is 11.6 Å². The van der Waals surface area contributed by atoms with Crippen molar-refractivity contribution in [3.05, 3.63) is 76.5 Å². The highest BCUT2D eigenvalue weighted by molar-refractivity contribution is 7.13. The van der Waals surface area contributed by atoms with Crippen LogP contribution in [-0.2, 0) is 22.6 Å². The first kappa shape index (κ1) is 23.1. The summed E-state index contributed by atoms with van der Waals surface area (Å²) in [6, 6.07) is 12.5. The molecule has 166 valence electrons. The third-order valence-corrected chi connectivity index (χ3v) is 5.22. The van der Waals surface area contributed by atoms with Crippen LogP contribution < -0.4 is 16.0 Å². The molecule has 0 aliphatic carbocycles. The summed E-state index contributed by atoms with van der Waals surface area (Å²) in [6.07, 6.45) is 0.0873. The molecule has 7 nitrogen and oxygen atoms in total. The molecule has 3 N–H and O–H groups in total. The monoisotopic (exact) mass is 454 g/mol. The Labute approximate surface area is 189 Å². The molecule has 3 aromatic rings. The molecule has 3 rings (SSSR count). The predicted octanol–water partition coefficient (Wildman–Crippen LogP) is 3.99. The van der Waals surface area contributed by atoms with Gasteiger partial charge in [0, 0.05) is 29.1 Å². The number of amides is 3. The lowest BCUT2D eigenvalue weighted by molar-refractivity contribution is -0.120. The molecule has 0 aliphatic rings. The quantitative estimate of drug-likeness (QED) is 0.479. The van der Waals surface area contributed by atoms with Crippen LogP contribution in [0.5, 0.6) is 0 Å². The molecular formula is C23H23FN4O3S. The number of hydrogen-bond donors (Lipinski definition) is 3. The maximum absolute atomic E-state index is 13.3. The number of carbonyl (C=O) groups excluding carboxylic acids is 3. The van der Waals surface area contributed by atoms with Crippen molar-refractivity contribution in [3.8, 4) is 0 Å². The fraction of sp³-hybridized carbons (Fsp3) is 0.217. The first-order chi connectivity index (χ1) is 15.3. The smallest absolute Gasteiger partial charge is 0.255 e. The first-order valence-corrected chi connectivity index (χ1v) is 10.9. The Bertz CT molecular complexity index is 1130. The van der Waals surface area contributed by atoms with Crippen molar-refractivity contribution in [2.45, 2.75) is 26.8 Å². The summed E-state index contributed by atoms with van der Waals surface area (Å²) in [7, 11) is 0. The lowest BCUT2D eigenvalue weighted by Gasteiger charge is -2.09. The molecule has 0 fully saturated rings. The van der Waals surface area contributed by atoms with Crippen LogP contribution >= 0.6 is 11.3 Å². The van der Waals surface area contributed by atoms with Gasteiger partial charge in [-0.05, 0) is 35.9 Å². The molecule has 0 bridgehead atoms. The average Bonchev–Trinajstić information content (AvgIpc) is 3.19. The van der Waals surface area contributed by atoms with Gasteiger partial charge in [-0.3, -0.25) is 14.4 Å². The molecule has 0 spiro atoms. The zero-order valence-corrected chi connectivity index (χ0v) is 18.5. The Balaban J connectivity index is 1.51. The van der Waals surface area contributed by atoms with Crippen LogP contribution in [-0.4, -0.2) is 22.7 Å². The standard InChI is InChI=1S/C23H23FN4O3S/c1-14(2)21(30)28-23-27-19(13-32-23)11-20(29)25-12-15-5-3-8-18(9-15)26-22(31)16-6-4-7-17(24)10-16/h3-10,13-14H,11-12H2,1-2H3,(H,25,29)(H,26,31)(H,27,28,30). The van der Waals surface area contributed by atoms with Crippen molar-refractivity contribution in [3.63, 3.8) is 0 Å². The van der Waals surface area contributed by atoms with E-state index in [2.05, 4.69) is 20.9 Å². The minimum atomic E-state index is -0.483. The van der Waals surface area contributed by atoms with Crippen molar-refractivity contribution in [2.75, 3.05) is 10.6 Å². The summed E-state index contributed by atoms with van der Waals surface area (Å²) >= 11 is 1.27. The van der Waals surface area contributed by atoms with Crippen molar-refractivity contribution in [1.29, 1.82) is 0 Å². The van der Waals surface area contributed by atoms with Gasteiger partial charge < -0.3 is 16.0 Å². The van der Waals surface area contributed by atoms with E-state index < -0.39 is 11.7 Å². The second kappa shape index (κ2) is 10.6. The highest BCUT2D eigenvalue weighted by atomic mass is 32.1. The van der Waals surface area contributed by atoms with E-state index in [4.69, 9.17) is 0 Å². The average molecular weight is 455 g/mol. The van der Waals surface area contributed by atoms with Crippen LogP contribution in [0.15, 0.2) is 53.9 Å². The van der Waals surface area contributed by atoms with Crippen molar-refractivity contribution < 1.29 is 18.8 Å². The number of nitrogens with zero attached hydrogens (tertiary/aromatic N) is 1. The van der Waals surface area contributed by atoms with Crippen LogP contribution in [0.4, 0.5) is 15.2 Å². The zero-order valence-electron chi connectivity index (χ0n) is 17.6. The van der Waals surface area contributed by atoms with Crippen molar-refractivity contribution in [2.24, 2.45) is 5.92 Å². The van der Waals surface area contributed by atoms with Crippen LogP contribution in [0.25, 0.3) is 0 Å². The Morgan fingerprint density at radius 1 is 1.06 bits per heavy atom. The van der Waals surface area contributed by atoms with E-state index in [-0.39, 0.29) is 36.3 Å². The van der Waals surface area contributed by atoms with Gasteiger partial charge in [-0.15, -0.1) is 11.3 Å². The Morgan fingerprint density at radius 2 is 1.84 bits per heavy atom. The van der Waals surface area contributed by atoms with Crippen LogP contribution in [0.3, 0.4) is 0 Å². The van der Waals surface area contributed by atoms with Gasteiger partial charge in [0.25, 0.3) is 5.91 Å². The molecule has 1 aromatic heterocycles. The Kier molecular flexibility index (Phi) is 7.67. The summed E-state index contributed by atoms with van der Waals surface area (Å²) in [5.74, 6) is -1.40. The van der Waals surface area contributed by atoms with E-state index in [1.165, 1.54) is 29.5 Å². The molecule has 9 heteroatoms. The van der Waals surface area contributed by atoms with E-state index in [9.17, 15) is 18.8 Å². The van der Waals surface area contributed by atoms with E-state index in [1.54, 1.807) is 37.4 Å². The molecule has 3 amide bonds. The number of carbonyl (C=O) groups is 3. The van der Waals surface area contributed by atoms with E-state index >= 15 is 0 Å². The normalized spacial score (nSPS) is 10.6. The maximum Gasteiger partial charge on any atom is 0.255 e. The number of benzene rings is 2. The molecule has 0 saturated heterocycles. The Hall–Kier alpha value is -3.59. The fourth-order valence-electron chi connectivity index (χ4n) is 2.71. The highest BCUT2D eigenvalue weighted by Crippen LogP contribution is 2.17. The van der Waals surface area contributed by atoms with Gasteiger partial charge in [-0.25, -0.2) is 9.37 Å². The lowest BCUT2D eigenvalue weighted by Crippen LogP contribution is -2.24. The van der Waals surface area contributed by atoms with Gasteiger partial charge in [0.05, 0.1) is 12.1 Å². The van der Waals surface area contributed by atoms with Gasteiger partial charge >= 0.3 is 0 Å². The molecule has 0 unspecified atom stereocenters. The van der Waals surface area contributed by atoms with Gasteiger partial charge in [-0.2, -0.15) is 0 Å². The molecule has 0 aliphatic heterocycles. The third-order valence-electron chi connectivity index (χ3n) is 4.41. The second-order valence-electron chi connectivity index (χ2n) is 7.41. The van der Waals surface area contributed by atoms with Gasteiger partial charge in [0.2, 0.25) is 11.8 Å². The molecule has 1 heterocycles. The van der Waals surface area contributed by atoms with Gasteiger partial charge in [0.15, 0.2) is 5.13 Å². The third kappa shape index (κ3) is 6.71. The van der Waals surface area contributed by atoms with Crippen molar-refractivity contribution >= 4 is 39.9 Å². The summed E-state index contributed by atoms with van der Waals surface area (Å²) in [4.78, 5) is 40.5. The molecule has 0 atom stereocenters. The second-order valence-corrected chi connectivity index (χ2v) is 8.26. The predicted molar refractivity (Wildman–Crippen MR) is 122 cm³/mol. The number of anilines is 2. The maximum atomic E-state index is 13.3. The number of rotatable bonds is 8. The number of aromatic nitrogens is 1. The van der Waals surface area contributed by atoms with Gasteiger partial charge in [0.1, 0.15) is 5.82 Å². The van der Waals surface area contributed by atoms with Crippen LogP contribution in [0, 0.1) is 11.7 Å². The van der Waals surface area contributed by atoms with Crippen LogP contribution in [0.1, 0.15) is 35.5 Å². The van der Waals surface area contributed by atoms with Crippen molar-refractivity contribution in [1.82, 2.24) is 10.3 Å². The van der Waals surface area contributed by atoms with E-state index in [1.807, 2.05) is 6.07 Å². The minimum Gasteiger partial charge on any atom is -0.352 e. The molecular weight excluding hydrogens is 431 g/mol. The summed E-state index contributed by atoms with van der Waals surface area (Å²) < 4.78 is 13.3. The number of thiazole rings is 1. The van der Waals surface area contributed by atoms with Crippen LogP contribution in [0.2, 0.25) is 0 Å². The summed E-state index contributed by atoms with van der Waals surface area (Å²) in [5.41, 5.74) is 2.12. The SMILES string of the molecule is CC(C)C(=O)Nc1nc(CC(=O)NCc2cccc(NC(=O)c3cccc(F)c3)c2)cs1. The number of hydrogen-bond acceptors (Lipinski definition) is 5. The molecule has 0 radical (unpaired) electrons. The molecule has 0 saturated carbocycles. The lowest BCUT2D eigenvalue weighted by atomic mass is 10.1. The van der Waals surface area contributed by atoms with E-state index in [0.29, 0.717) is 16.5 Å². The molecule has 2 aromatic carbocycles. The Morgan fingerprint density at radius 3 is 2.59 bits per heavy atom. The highest BCUT2D eigenvalue weighted by Gasteiger charge is 2.12. The fourth-order valence-corrected chi connectivity index (χ4v) is 3.43. The zero-order chi connectivity index (χ0) is 23.1. The number of halogens is 1. The summed E-state index contributed by atoms with van der Waals surface area (Å²) in [5, 5.41) is 10.4.